The average molecular weight is 335 g/mol. The number of β-amino-alcohol motifs (C(OH)–C–C–N with tert-alkyl or cyclic N) is 1. The molecule has 0 bridgehead atoms. The van der Waals surface area contributed by atoms with Crippen LogP contribution < -0.4 is 0 Å². The number of nitrogens with zero attached hydrogens (tertiary/aromatic N) is 1. The van der Waals surface area contributed by atoms with E-state index in [0.29, 0.717) is 38.9 Å². The largest absolute Gasteiger partial charge is 0.481 e. The number of carbonyl (C=O) groups is 2. The maximum absolute atomic E-state index is 11.9. The van der Waals surface area contributed by atoms with Crippen molar-refractivity contribution in [3.63, 3.8) is 0 Å². The fourth-order valence-corrected chi connectivity index (χ4v) is 3.34. The molecule has 1 heterocycles. The highest BCUT2D eigenvalue weighted by atomic mass is 16.4. The van der Waals surface area contributed by atoms with Crippen molar-refractivity contribution >= 4 is 11.9 Å². The van der Waals surface area contributed by atoms with Gasteiger partial charge in [-0.25, -0.2) is 0 Å². The molecule has 2 atom stereocenters. The molecular formula is C18H25NO5. The van der Waals surface area contributed by atoms with Gasteiger partial charge in [0.05, 0.1) is 6.10 Å². The lowest BCUT2D eigenvalue weighted by molar-refractivity contribution is -0.162. The molecule has 2 rings (SSSR count). The van der Waals surface area contributed by atoms with Crippen LogP contribution in [0.15, 0.2) is 30.3 Å². The van der Waals surface area contributed by atoms with Gasteiger partial charge >= 0.3 is 11.9 Å². The van der Waals surface area contributed by atoms with Crippen LogP contribution in [0.3, 0.4) is 0 Å². The Hall–Kier alpha value is -1.92. The molecule has 1 aliphatic heterocycles. The third-order valence-electron chi connectivity index (χ3n) is 4.85. The van der Waals surface area contributed by atoms with Gasteiger partial charge in [0.25, 0.3) is 0 Å². The Morgan fingerprint density at radius 3 is 2.46 bits per heavy atom. The molecule has 0 aliphatic carbocycles. The van der Waals surface area contributed by atoms with Gasteiger partial charge in [0.2, 0.25) is 0 Å². The molecule has 0 aromatic heterocycles. The summed E-state index contributed by atoms with van der Waals surface area (Å²) >= 11 is 0. The summed E-state index contributed by atoms with van der Waals surface area (Å²) in [6, 6.07) is 9.39. The zero-order chi connectivity index (χ0) is 17.6. The van der Waals surface area contributed by atoms with Crippen LogP contribution in [-0.2, 0) is 16.0 Å². The first kappa shape index (κ1) is 18.4. The van der Waals surface area contributed by atoms with E-state index in [-0.39, 0.29) is 6.42 Å². The van der Waals surface area contributed by atoms with Crippen LogP contribution in [0, 0.1) is 5.41 Å². The molecule has 0 unspecified atom stereocenters. The van der Waals surface area contributed by atoms with Gasteiger partial charge in [0.15, 0.2) is 0 Å². The van der Waals surface area contributed by atoms with Gasteiger partial charge < -0.3 is 20.2 Å². The number of unbranched alkanes of at least 4 members (excludes halogenated alkanes) is 1. The van der Waals surface area contributed by atoms with Gasteiger partial charge in [0.1, 0.15) is 5.41 Å². The Balaban J connectivity index is 1.95. The molecule has 0 radical (unpaired) electrons. The van der Waals surface area contributed by atoms with E-state index in [2.05, 4.69) is 0 Å². The summed E-state index contributed by atoms with van der Waals surface area (Å²) in [5, 5.41) is 28.9. The standard InChI is InChI=1S/C18H25NO5/c20-15-13-19(10-5-4-8-16(21)22)11-9-18(15,17(23)24)12-14-6-2-1-3-7-14/h1-3,6-7,15,20H,4-5,8-13H2,(H,21,22)(H,23,24)/t15-,18+/m0/s1. The normalized spacial score (nSPS) is 24.6. The Labute approximate surface area is 141 Å². The first-order chi connectivity index (χ1) is 11.4. The van der Waals surface area contributed by atoms with Crippen molar-refractivity contribution in [3.05, 3.63) is 35.9 Å². The van der Waals surface area contributed by atoms with E-state index in [4.69, 9.17) is 5.11 Å². The molecule has 0 amide bonds. The SMILES string of the molecule is O=C(O)CCCCN1CC[C@](Cc2ccccc2)(C(=O)O)[C@@H](O)C1. The van der Waals surface area contributed by atoms with Gasteiger partial charge in [-0.05, 0) is 44.3 Å². The second-order valence-electron chi connectivity index (χ2n) is 6.54. The number of likely N-dealkylation sites (tertiary alicyclic amines) is 1. The molecule has 24 heavy (non-hydrogen) atoms. The van der Waals surface area contributed by atoms with Crippen LogP contribution in [0.4, 0.5) is 0 Å². The van der Waals surface area contributed by atoms with E-state index in [9.17, 15) is 19.8 Å². The Morgan fingerprint density at radius 1 is 1.17 bits per heavy atom. The van der Waals surface area contributed by atoms with Gasteiger partial charge in [-0.3, -0.25) is 9.59 Å². The van der Waals surface area contributed by atoms with E-state index < -0.39 is 23.5 Å². The molecule has 1 fully saturated rings. The number of piperidine rings is 1. The summed E-state index contributed by atoms with van der Waals surface area (Å²) in [6.45, 7) is 1.60. The first-order valence-corrected chi connectivity index (χ1v) is 8.33. The molecule has 1 saturated heterocycles. The van der Waals surface area contributed by atoms with Crippen molar-refractivity contribution in [1.82, 2.24) is 4.90 Å². The van der Waals surface area contributed by atoms with Crippen molar-refractivity contribution in [2.24, 2.45) is 5.41 Å². The Bertz CT molecular complexity index is 562. The average Bonchev–Trinajstić information content (AvgIpc) is 2.54. The van der Waals surface area contributed by atoms with Crippen molar-refractivity contribution in [2.45, 2.75) is 38.2 Å². The quantitative estimate of drug-likeness (QED) is 0.625. The number of rotatable bonds is 8. The van der Waals surface area contributed by atoms with Crippen LogP contribution in [0.1, 0.15) is 31.2 Å². The van der Waals surface area contributed by atoms with Crippen LogP contribution in [0.5, 0.6) is 0 Å². The zero-order valence-corrected chi connectivity index (χ0v) is 13.7. The number of hydrogen-bond donors (Lipinski definition) is 3. The summed E-state index contributed by atoms with van der Waals surface area (Å²) in [5.41, 5.74) is -0.243. The van der Waals surface area contributed by atoms with Crippen LogP contribution in [0.2, 0.25) is 0 Å². The topological polar surface area (TPSA) is 98.1 Å². The van der Waals surface area contributed by atoms with E-state index >= 15 is 0 Å². The number of benzene rings is 1. The molecule has 1 aromatic carbocycles. The van der Waals surface area contributed by atoms with E-state index in [1.807, 2.05) is 35.2 Å². The minimum Gasteiger partial charge on any atom is -0.481 e. The molecule has 1 aromatic rings. The lowest BCUT2D eigenvalue weighted by Gasteiger charge is -2.43. The van der Waals surface area contributed by atoms with E-state index in [0.717, 1.165) is 12.0 Å². The lowest BCUT2D eigenvalue weighted by Crippen LogP contribution is -2.55. The highest BCUT2D eigenvalue weighted by Crippen LogP contribution is 2.36. The fourth-order valence-electron chi connectivity index (χ4n) is 3.34. The predicted molar refractivity (Wildman–Crippen MR) is 88.8 cm³/mol. The molecule has 3 N–H and O–H groups in total. The third-order valence-corrected chi connectivity index (χ3v) is 4.85. The molecular weight excluding hydrogens is 310 g/mol. The van der Waals surface area contributed by atoms with Gasteiger partial charge in [-0.2, -0.15) is 0 Å². The molecule has 0 saturated carbocycles. The van der Waals surface area contributed by atoms with Gasteiger partial charge in [-0.1, -0.05) is 30.3 Å². The highest BCUT2D eigenvalue weighted by Gasteiger charge is 2.48. The van der Waals surface area contributed by atoms with E-state index in [1.54, 1.807) is 0 Å². The summed E-state index contributed by atoms with van der Waals surface area (Å²) in [4.78, 5) is 24.4. The summed E-state index contributed by atoms with van der Waals surface area (Å²) in [6.07, 6.45) is 1.23. The van der Waals surface area contributed by atoms with Crippen molar-refractivity contribution in [1.29, 1.82) is 0 Å². The highest BCUT2D eigenvalue weighted by molar-refractivity contribution is 5.76. The number of aliphatic hydroxyl groups is 1. The van der Waals surface area contributed by atoms with Crippen LogP contribution >= 0.6 is 0 Å². The van der Waals surface area contributed by atoms with Crippen LogP contribution in [0.25, 0.3) is 0 Å². The molecule has 6 nitrogen and oxygen atoms in total. The number of carboxylic acids is 2. The zero-order valence-electron chi connectivity index (χ0n) is 13.7. The lowest BCUT2D eigenvalue weighted by atomic mass is 9.71. The number of aliphatic hydroxyl groups excluding tert-OH is 1. The Morgan fingerprint density at radius 2 is 1.88 bits per heavy atom. The summed E-state index contributed by atoms with van der Waals surface area (Å²) in [5.74, 6) is -1.76. The Kier molecular flexibility index (Phi) is 6.34. The van der Waals surface area contributed by atoms with Crippen molar-refractivity contribution in [2.75, 3.05) is 19.6 Å². The van der Waals surface area contributed by atoms with Crippen LogP contribution in [-0.4, -0.2) is 57.9 Å². The number of hydrogen-bond acceptors (Lipinski definition) is 4. The van der Waals surface area contributed by atoms with Gasteiger partial charge in [0, 0.05) is 13.0 Å². The summed E-state index contributed by atoms with van der Waals surface area (Å²) in [7, 11) is 0. The minimum absolute atomic E-state index is 0.142. The number of carboxylic acid groups (broad SMARTS) is 2. The first-order valence-electron chi connectivity index (χ1n) is 8.33. The second kappa shape index (κ2) is 8.26. The predicted octanol–water partition coefficient (Wildman–Crippen LogP) is 1.62. The monoisotopic (exact) mass is 335 g/mol. The number of aliphatic carboxylic acids is 2. The minimum atomic E-state index is -1.15. The summed E-state index contributed by atoms with van der Waals surface area (Å²) < 4.78 is 0. The van der Waals surface area contributed by atoms with Crippen molar-refractivity contribution < 1.29 is 24.9 Å². The molecule has 1 aliphatic rings. The molecule has 0 spiro atoms. The third kappa shape index (κ3) is 4.55. The van der Waals surface area contributed by atoms with E-state index in [1.165, 1.54) is 0 Å². The van der Waals surface area contributed by atoms with Crippen molar-refractivity contribution in [3.8, 4) is 0 Å². The maximum atomic E-state index is 11.9. The molecule has 132 valence electrons. The smallest absolute Gasteiger partial charge is 0.312 e. The maximum Gasteiger partial charge on any atom is 0.312 e. The second-order valence-corrected chi connectivity index (χ2v) is 6.54. The fraction of sp³-hybridized carbons (Fsp3) is 0.556. The molecule has 6 heteroatoms. The van der Waals surface area contributed by atoms with Gasteiger partial charge in [-0.15, -0.1) is 0 Å².